The van der Waals surface area contributed by atoms with Gasteiger partial charge in [-0.2, -0.15) is 0 Å². The summed E-state index contributed by atoms with van der Waals surface area (Å²) >= 11 is 13.9. The number of carbonyl (C=O) groups is 2. The molecule has 0 radical (unpaired) electrons. The lowest BCUT2D eigenvalue weighted by atomic mass is 10.1. The van der Waals surface area contributed by atoms with E-state index in [-0.39, 0.29) is 17.3 Å². The van der Waals surface area contributed by atoms with Gasteiger partial charge in [-0.15, -0.1) is 11.8 Å². The highest BCUT2D eigenvalue weighted by Gasteiger charge is 2.32. The van der Waals surface area contributed by atoms with Crippen molar-refractivity contribution in [3.63, 3.8) is 0 Å². The summed E-state index contributed by atoms with van der Waals surface area (Å²) in [6.45, 7) is 5.10. The van der Waals surface area contributed by atoms with Crippen LogP contribution in [0, 0.1) is 6.92 Å². The van der Waals surface area contributed by atoms with Crippen LogP contribution in [0.15, 0.2) is 76.5 Å². The zero-order valence-corrected chi connectivity index (χ0v) is 25.3. The summed E-state index contributed by atoms with van der Waals surface area (Å²) in [6, 6.07) is 17.3. The minimum absolute atomic E-state index is 0.0165. The van der Waals surface area contributed by atoms with Crippen LogP contribution in [0.1, 0.15) is 25.0 Å². The van der Waals surface area contributed by atoms with Crippen LogP contribution in [0.3, 0.4) is 0 Å². The normalized spacial score (nSPS) is 12.1. The topological polar surface area (TPSA) is 86.8 Å². The van der Waals surface area contributed by atoms with Crippen molar-refractivity contribution in [1.82, 2.24) is 10.2 Å². The number of hydrogen-bond donors (Lipinski definition) is 1. The molecule has 0 heterocycles. The van der Waals surface area contributed by atoms with Gasteiger partial charge < -0.3 is 10.2 Å². The van der Waals surface area contributed by atoms with Gasteiger partial charge in [0, 0.05) is 28.0 Å². The van der Waals surface area contributed by atoms with Crippen LogP contribution in [-0.4, -0.2) is 50.5 Å². The Bertz CT molecular complexity index is 1420. The fraction of sp³-hybridized carbons (Fsp3) is 0.286. The second kappa shape index (κ2) is 13.6. The number of sulfonamides is 1. The molecular formula is C28H31Cl2N3O4S2. The third kappa shape index (κ3) is 7.69. The zero-order chi connectivity index (χ0) is 28.7. The molecule has 3 rings (SSSR count). The molecule has 0 aliphatic carbocycles. The molecule has 0 bridgehead atoms. The molecule has 0 aliphatic heterocycles. The largest absolute Gasteiger partial charge is 0.355 e. The fourth-order valence-corrected chi connectivity index (χ4v) is 6.14. The third-order valence-electron chi connectivity index (χ3n) is 6.12. The number of halogens is 2. The Morgan fingerprint density at radius 1 is 1.00 bits per heavy atom. The first-order valence-electron chi connectivity index (χ1n) is 12.2. The lowest BCUT2D eigenvalue weighted by Gasteiger charge is -2.32. The van der Waals surface area contributed by atoms with Crippen molar-refractivity contribution in [2.75, 3.05) is 23.7 Å². The van der Waals surface area contributed by atoms with E-state index in [2.05, 4.69) is 5.32 Å². The molecule has 11 heteroatoms. The molecule has 0 unspecified atom stereocenters. The van der Waals surface area contributed by atoms with Crippen LogP contribution in [0.5, 0.6) is 0 Å². The number of aryl methyl sites for hydroxylation is 1. The summed E-state index contributed by atoms with van der Waals surface area (Å²) in [5, 5.41) is 3.49. The number of hydrogen-bond acceptors (Lipinski definition) is 5. The maximum atomic E-state index is 13.9. The van der Waals surface area contributed by atoms with E-state index in [1.54, 1.807) is 68.4 Å². The average Bonchev–Trinajstić information content (AvgIpc) is 2.91. The molecule has 0 aliphatic rings. The fourth-order valence-electron chi connectivity index (χ4n) is 3.85. The minimum atomic E-state index is -4.13. The Morgan fingerprint density at radius 2 is 1.64 bits per heavy atom. The van der Waals surface area contributed by atoms with Crippen molar-refractivity contribution in [1.29, 1.82) is 0 Å². The van der Waals surface area contributed by atoms with E-state index in [4.69, 9.17) is 23.2 Å². The molecule has 0 aromatic heterocycles. The molecule has 0 fully saturated rings. The molecule has 39 heavy (non-hydrogen) atoms. The molecular weight excluding hydrogens is 577 g/mol. The predicted octanol–water partition coefficient (Wildman–Crippen LogP) is 5.77. The number of thioether (sulfide) groups is 1. The highest BCUT2D eigenvalue weighted by atomic mass is 35.5. The number of benzene rings is 3. The SMILES string of the molecule is CCNC(=O)[C@H](C)N(Cc1ccc(Cl)cc1Cl)C(=O)CN(c1ccc(C)cc1)S(=O)(=O)c1ccc(SC)cc1. The van der Waals surface area contributed by atoms with Crippen molar-refractivity contribution in [3.8, 4) is 0 Å². The van der Waals surface area contributed by atoms with E-state index < -0.39 is 28.5 Å². The van der Waals surface area contributed by atoms with E-state index in [0.717, 1.165) is 14.8 Å². The molecule has 1 atom stereocenters. The smallest absolute Gasteiger partial charge is 0.264 e. The second-order valence-corrected chi connectivity index (χ2v) is 12.4. The quantitative estimate of drug-likeness (QED) is 0.279. The number of rotatable bonds is 11. The van der Waals surface area contributed by atoms with Crippen molar-refractivity contribution >= 4 is 62.5 Å². The number of carbonyl (C=O) groups excluding carboxylic acids is 2. The maximum Gasteiger partial charge on any atom is 0.264 e. The van der Waals surface area contributed by atoms with Crippen molar-refractivity contribution in [2.45, 2.75) is 43.1 Å². The van der Waals surface area contributed by atoms with Gasteiger partial charge in [-0.3, -0.25) is 13.9 Å². The first-order chi connectivity index (χ1) is 18.5. The lowest BCUT2D eigenvalue weighted by molar-refractivity contribution is -0.139. The van der Waals surface area contributed by atoms with Gasteiger partial charge in [0.15, 0.2) is 0 Å². The molecule has 3 aromatic carbocycles. The Labute approximate surface area is 244 Å². The Morgan fingerprint density at radius 3 is 2.21 bits per heavy atom. The van der Waals surface area contributed by atoms with E-state index >= 15 is 0 Å². The first-order valence-corrected chi connectivity index (χ1v) is 15.6. The number of anilines is 1. The van der Waals surface area contributed by atoms with E-state index in [0.29, 0.717) is 27.8 Å². The number of likely N-dealkylation sites (N-methyl/N-ethyl adjacent to an activating group) is 1. The molecule has 1 N–H and O–H groups in total. The van der Waals surface area contributed by atoms with Crippen molar-refractivity contribution in [3.05, 3.63) is 87.9 Å². The monoisotopic (exact) mass is 607 g/mol. The Kier molecular flexibility index (Phi) is 10.7. The van der Waals surface area contributed by atoms with Gasteiger partial charge in [0.25, 0.3) is 10.0 Å². The Balaban J connectivity index is 2.04. The third-order valence-corrected chi connectivity index (χ3v) is 9.24. The van der Waals surface area contributed by atoms with Crippen LogP contribution in [0.4, 0.5) is 5.69 Å². The highest BCUT2D eigenvalue weighted by molar-refractivity contribution is 7.98. The minimum Gasteiger partial charge on any atom is -0.355 e. The van der Waals surface area contributed by atoms with E-state index in [9.17, 15) is 18.0 Å². The molecule has 3 aromatic rings. The predicted molar refractivity (Wildman–Crippen MR) is 159 cm³/mol. The maximum absolute atomic E-state index is 13.9. The molecule has 0 saturated heterocycles. The zero-order valence-electron chi connectivity index (χ0n) is 22.1. The Hall–Kier alpha value is -2.72. The van der Waals surface area contributed by atoms with Crippen LogP contribution < -0.4 is 9.62 Å². The van der Waals surface area contributed by atoms with Gasteiger partial charge in [-0.05, 0) is 81.1 Å². The van der Waals surface area contributed by atoms with Gasteiger partial charge in [0.05, 0.1) is 10.6 Å². The van der Waals surface area contributed by atoms with Gasteiger partial charge in [0.2, 0.25) is 11.8 Å². The lowest BCUT2D eigenvalue weighted by Crippen LogP contribution is -2.51. The summed E-state index contributed by atoms with van der Waals surface area (Å²) in [6.07, 6.45) is 1.90. The van der Waals surface area contributed by atoms with E-state index in [1.165, 1.54) is 28.8 Å². The van der Waals surface area contributed by atoms with E-state index in [1.807, 2.05) is 13.2 Å². The summed E-state index contributed by atoms with van der Waals surface area (Å²) in [7, 11) is -4.13. The summed E-state index contributed by atoms with van der Waals surface area (Å²) in [5.41, 5.74) is 1.84. The van der Waals surface area contributed by atoms with Crippen molar-refractivity contribution in [2.24, 2.45) is 0 Å². The summed E-state index contributed by atoms with van der Waals surface area (Å²) in [4.78, 5) is 29.0. The molecule has 208 valence electrons. The summed E-state index contributed by atoms with van der Waals surface area (Å²) in [5.74, 6) is -0.932. The van der Waals surface area contributed by atoms with Crippen LogP contribution in [-0.2, 0) is 26.2 Å². The number of amides is 2. The molecule has 0 spiro atoms. The van der Waals surface area contributed by atoms with Gasteiger partial charge in [-0.1, -0.05) is 47.0 Å². The molecule has 0 saturated carbocycles. The van der Waals surface area contributed by atoms with Crippen LogP contribution in [0.25, 0.3) is 0 Å². The van der Waals surface area contributed by atoms with Gasteiger partial charge >= 0.3 is 0 Å². The standard InChI is InChI=1S/C28H31Cl2N3O4S2/c1-5-31-28(35)20(3)32(17-21-8-9-22(29)16-26(21)30)27(34)18-33(23-10-6-19(2)7-11-23)39(36,37)25-14-12-24(38-4)13-15-25/h6-16,20H,5,17-18H2,1-4H3,(H,31,35)/t20-/m0/s1. The van der Waals surface area contributed by atoms with Crippen LogP contribution >= 0.6 is 35.0 Å². The van der Waals surface area contributed by atoms with Crippen LogP contribution in [0.2, 0.25) is 10.0 Å². The average molecular weight is 609 g/mol. The first kappa shape index (κ1) is 30.8. The van der Waals surface area contributed by atoms with Crippen molar-refractivity contribution < 1.29 is 18.0 Å². The number of nitrogens with zero attached hydrogens (tertiary/aromatic N) is 2. The highest BCUT2D eigenvalue weighted by Crippen LogP contribution is 2.27. The molecule has 7 nitrogen and oxygen atoms in total. The summed E-state index contributed by atoms with van der Waals surface area (Å²) < 4.78 is 28.8. The second-order valence-electron chi connectivity index (χ2n) is 8.85. The number of nitrogens with one attached hydrogen (secondary N) is 1. The van der Waals surface area contributed by atoms with Gasteiger partial charge in [0.1, 0.15) is 12.6 Å². The molecule has 2 amide bonds. The van der Waals surface area contributed by atoms with Gasteiger partial charge in [-0.25, -0.2) is 8.42 Å².